The molecule has 0 aromatic heterocycles. The molecule has 0 aliphatic heterocycles. The summed E-state index contributed by atoms with van der Waals surface area (Å²) in [4.78, 5) is 12.1. The SMILES string of the molecule is COc1cc(CCC(=O)Oc2ccccc2C)cc(OC)c1OC. The lowest BCUT2D eigenvalue weighted by molar-refractivity contribution is -0.134. The molecule has 2 rings (SSSR count). The summed E-state index contributed by atoms with van der Waals surface area (Å²) >= 11 is 0. The molecule has 2 aromatic rings. The van der Waals surface area contributed by atoms with Crippen molar-refractivity contribution >= 4 is 5.97 Å². The number of esters is 1. The Bertz CT molecular complexity index is 684. The van der Waals surface area contributed by atoms with Crippen LogP contribution in [0, 0.1) is 6.92 Å². The Morgan fingerprint density at radius 1 is 0.917 bits per heavy atom. The van der Waals surface area contributed by atoms with Crippen molar-refractivity contribution in [3.63, 3.8) is 0 Å². The maximum atomic E-state index is 12.1. The number of carbonyl (C=O) groups excluding carboxylic acids is 1. The van der Waals surface area contributed by atoms with Gasteiger partial charge in [-0.25, -0.2) is 0 Å². The van der Waals surface area contributed by atoms with Gasteiger partial charge in [0.25, 0.3) is 0 Å². The van der Waals surface area contributed by atoms with Crippen LogP contribution in [0.5, 0.6) is 23.0 Å². The van der Waals surface area contributed by atoms with Crippen LogP contribution in [0.1, 0.15) is 17.5 Å². The van der Waals surface area contributed by atoms with Crippen molar-refractivity contribution in [1.29, 1.82) is 0 Å². The van der Waals surface area contributed by atoms with Crippen molar-refractivity contribution in [2.45, 2.75) is 19.8 Å². The zero-order chi connectivity index (χ0) is 17.5. The van der Waals surface area contributed by atoms with E-state index in [9.17, 15) is 4.79 Å². The van der Waals surface area contributed by atoms with Crippen molar-refractivity contribution in [3.05, 3.63) is 47.5 Å². The molecule has 0 N–H and O–H groups in total. The Kier molecular flexibility index (Phi) is 6.07. The Morgan fingerprint density at radius 2 is 1.54 bits per heavy atom. The summed E-state index contributed by atoms with van der Waals surface area (Å²) in [6.07, 6.45) is 0.772. The first-order valence-electron chi connectivity index (χ1n) is 7.64. The number of aryl methyl sites for hydroxylation is 2. The standard InChI is InChI=1S/C19H22O5/c1-13-7-5-6-8-15(13)24-18(20)10-9-14-11-16(21-2)19(23-4)17(12-14)22-3/h5-8,11-12H,9-10H2,1-4H3. The molecule has 5 heteroatoms. The monoisotopic (exact) mass is 330 g/mol. The zero-order valence-corrected chi connectivity index (χ0v) is 14.4. The maximum Gasteiger partial charge on any atom is 0.311 e. The fraction of sp³-hybridized carbons (Fsp3) is 0.316. The molecule has 0 aliphatic rings. The normalized spacial score (nSPS) is 10.2. The van der Waals surface area contributed by atoms with Crippen LogP contribution < -0.4 is 18.9 Å². The molecule has 0 amide bonds. The fourth-order valence-corrected chi connectivity index (χ4v) is 2.37. The lowest BCUT2D eigenvalue weighted by atomic mass is 10.1. The van der Waals surface area contributed by atoms with Crippen LogP contribution in [0.15, 0.2) is 36.4 Å². The van der Waals surface area contributed by atoms with Crippen LogP contribution in [0.3, 0.4) is 0 Å². The molecular weight excluding hydrogens is 308 g/mol. The minimum absolute atomic E-state index is 0.257. The fourth-order valence-electron chi connectivity index (χ4n) is 2.37. The van der Waals surface area contributed by atoms with Crippen LogP contribution in [0.25, 0.3) is 0 Å². The summed E-state index contributed by atoms with van der Waals surface area (Å²) < 4.78 is 21.3. The number of ether oxygens (including phenoxy) is 4. The van der Waals surface area contributed by atoms with Gasteiger partial charge in [0.15, 0.2) is 11.5 Å². The highest BCUT2D eigenvalue weighted by atomic mass is 16.5. The van der Waals surface area contributed by atoms with Crippen molar-refractivity contribution in [2.24, 2.45) is 0 Å². The highest BCUT2D eigenvalue weighted by molar-refractivity contribution is 5.73. The number of benzene rings is 2. The van der Waals surface area contributed by atoms with Gasteiger partial charge in [-0.3, -0.25) is 4.79 Å². The number of methoxy groups -OCH3 is 3. The third-order valence-electron chi connectivity index (χ3n) is 3.66. The smallest absolute Gasteiger partial charge is 0.311 e. The van der Waals surface area contributed by atoms with Crippen molar-refractivity contribution < 1.29 is 23.7 Å². The predicted molar refractivity (Wildman–Crippen MR) is 91.2 cm³/mol. The van der Waals surface area contributed by atoms with Gasteiger partial charge in [0.2, 0.25) is 5.75 Å². The first kappa shape index (κ1) is 17.7. The van der Waals surface area contributed by atoms with Gasteiger partial charge >= 0.3 is 5.97 Å². The van der Waals surface area contributed by atoms with E-state index in [0.717, 1.165) is 11.1 Å². The Balaban J connectivity index is 2.06. The van der Waals surface area contributed by atoms with Gasteiger partial charge in [-0.1, -0.05) is 18.2 Å². The second-order valence-electron chi connectivity index (χ2n) is 5.27. The molecule has 128 valence electrons. The third kappa shape index (κ3) is 4.19. The summed E-state index contributed by atoms with van der Waals surface area (Å²) in [5, 5.41) is 0. The van der Waals surface area contributed by atoms with Crippen LogP contribution in [0.2, 0.25) is 0 Å². The van der Waals surface area contributed by atoms with Crippen molar-refractivity contribution in [1.82, 2.24) is 0 Å². The molecule has 0 aliphatic carbocycles. The predicted octanol–water partition coefficient (Wildman–Crippen LogP) is 3.56. The quantitative estimate of drug-likeness (QED) is 0.574. The van der Waals surface area contributed by atoms with E-state index < -0.39 is 0 Å². The molecule has 0 bridgehead atoms. The molecule has 0 fully saturated rings. The third-order valence-corrected chi connectivity index (χ3v) is 3.66. The van der Waals surface area contributed by atoms with E-state index in [4.69, 9.17) is 18.9 Å². The number of carbonyl (C=O) groups is 1. The van der Waals surface area contributed by atoms with Gasteiger partial charge < -0.3 is 18.9 Å². The summed E-state index contributed by atoms with van der Waals surface area (Å²) in [6.45, 7) is 1.90. The Hall–Kier alpha value is -2.69. The van der Waals surface area contributed by atoms with E-state index in [2.05, 4.69) is 0 Å². The van der Waals surface area contributed by atoms with Crippen LogP contribution >= 0.6 is 0 Å². The average molecular weight is 330 g/mol. The van der Waals surface area contributed by atoms with Gasteiger partial charge in [0, 0.05) is 6.42 Å². The number of hydrogen-bond acceptors (Lipinski definition) is 5. The molecule has 0 saturated heterocycles. The van der Waals surface area contributed by atoms with E-state index in [0.29, 0.717) is 29.4 Å². The van der Waals surface area contributed by atoms with E-state index in [-0.39, 0.29) is 12.4 Å². The molecule has 0 unspecified atom stereocenters. The van der Waals surface area contributed by atoms with Crippen LogP contribution in [-0.2, 0) is 11.2 Å². The molecule has 2 aromatic carbocycles. The van der Waals surface area contributed by atoms with E-state index in [1.54, 1.807) is 27.4 Å². The Labute approximate surface area is 142 Å². The lowest BCUT2D eigenvalue weighted by Gasteiger charge is -2.14. The number of hydrogen-bond donors (Lipinski definition) is 0. The first-order valence-corrected chi connectivity index (χ1v) is 7.64. The lowest BCUT2D eigenvalue weighted by Crippen LogP contribution is -2.10. The largest absolute Gasteiger partial charge is 0.493 e. The minimum atomic E-state index is -0.280. The van der Waals surface area contributed by atoms with Crippen molar-refractivity contribution in [3.8, 4) is 23.0 Å². The highest BCUT2D eigenvalue weighted by Crippen LogP contribution is 2.38. The van der Waals surface area contributed by atoms with Gasteiger partial charge in [-0.15, -0.1) is 0 Å². The van der Waals surface area contributed by atoms with E-state index >= 15 is 0 Å². The summed E-state index contributed by atoms with van der Waals surface area (Å²) in [6, 6.07) is 11.1. The van der Waals surface area contributed by atoms with Gasteiger partial charge in [0.05, 0.1) is 21.3 Å². The molecule has 0 atom stereocenters. The molecule has 0 spiro atoms. The Morgan fingerprint density at radius 3 is 2.08 bits per heavy atom. The average Bonchev–Trinajstić information content (AvgIpc) is 2.60. The first-order chi connectivity index (χ1) is 11.6. The van der Waals surface area contributed by atoms with Gasteiger partial charge in [0.1, 0.15) is 5.75 Å². The number of para-hydroxylation sites is 1. The molecule has 0 saturated carbocycles. The minimum Gasteiger partial charge on any atom is -0.493 e. The van der Waals surface area contributed by atoms with Crippen LogP contribution in [0.4, 0.5) is 0 Å². The number of rotatable bonds is 7. The van der Waals surface area contributed by atoms with Crippen LogP contribution in [-0.4, -0.2) is 27.3 Å². The molecular formula is C19H22O5. The summed E-state index contributed by atoms with van der Waals surface area (Å²) in [5.41, 5.74) is 1.84. The molecule has 5 nitrogen and oxygen atoms in total. The molecule has 0 radical (unpaired) electrons. The summed E-state index contributed by atoms with van der Waals surface area (Å²) in [7, 11) is 4.68. The molecule has 0 heterocycles. The topological polar surface area (TPSA) is 54.0 Å². The maximum absolute atomic E-state index is 12.1. The van der Waals surface area contributed by atoms with Gasteiger partial charge in [-0.2, -0.15) is 0 Å². The van der Waals surface area contributed by atoms with E-state index in [1.807, 2.05) is 37.3 Å². The second-order valence-corrected chi connectivity index (χ2v) is 5.27. The van der Waals surface area contributed by atoms with Gasteiger partial charge in [-0.05, 0) is 42.7 Å². The van der Waals surface area contributed by atoms with Crippen molar-refractivity contribution in [2.75, 3.05) is 21.3 Å². The highest BCUT2D eigenvalue weighted by Gasteiger charge is 2.14. The van der Waals surface area contributed by atoms with E-state index in [1.165, 1.54) is 0 Å². The summed E-state index contributed by atoms with van der Waals surface area (Å²) in [5.74, 6) is 1.98. The molecule has 24 heavy (non-hydrogen) atoms. The second kappa shape index (κ2) is 8.24. The zero-order valence-electron chi connectivity index (χ0n) is 14.4.